The lowest BCUT2D eigenvalue weighted by atomic mass is 10.1. The van der Waals surface area contributed by atoms with Crippen molar-refractivity contribution in [1.82, 2.24) is 10.6 Å². The summed E-state index contributed by atoms with van der Waals surface area (Å²) in [7, 11) is 0. The Hall–Kier alpha value is -0.880. The number of aliphatic imine (C=N–C) groups is 1. The lowest BCUT2D eigenvalue weighted by molar-refractivity contribution is -0.120. The van der Waals surface area contributed by atoms with E-state index in [2.05, 4.69) is 61.3 Å². The van der Waals surface area contributed by atoms with Crippen LogP contribution in [0.1, 0.15) is 25.5 Å². The zero-order valence-electron chi connectivity index (χ0n) is 10.7. The van der Waals surface area contributed by atoms with Gasteiger partial charge in [-0.05, 0) is 55.5 Å². The Kier molecular flexibility index (Phi) is 4.62. The molecule has 6 heteroatoms. The van der Waals surface area contributed by atoms with Crippen LogP contribution in [0.25, 0.3) is 0 Å². The third-order valence-electron chi connectivity index (χ3n) is 2.68. The van der Waals surface area contributed by atoms with Gasteiger partial charge in [-0.2, -0.15) is 0 Å². The molecule has 1 saturated heterocycles. The lowest BCUT2D eigenvalue weighted by Crippen LogP contribution is -2.26. The predicted octanol–water partition coefficient (Wildman–Crippen LogP) is 2.98. The summed E-state index contributed by atoms with van der Waals surface area (Å²) in [5, 5.41) is 5.88. The number of rotatable bonds is 3. The number of hydrogen-bond donors (Lipinski definition) is 2. The average molecular weight is 389 g/mol. The Bertz CT molecular complexity index is 529. The molecule has 0 saturated carbocycles. The van der Waals surface area contributed by atoms with E-state index in [1.165, 1.54) is 0 Å². The van der Waals surface area contributed by atoms with Crippen molar-refractivity contribution in [3.8, 4) is 0 Å². The molecular weight excluding hydrogens is 374 g/mol. The van der Waals surface area contributed by atoms with Crippen LogP contribution in [0, 0.1) is 5.92 Å². The fourth-order valence-corrected chi connectivity index (χ4v) is 2.36. The number of halogens is 2. The molecule has 1 unspecified atom stereocenters. The van der Waals surface area contributed by atoms with Crippen LogP contribution in [0.15, 0.2) is 32.1 Å². The molecule has 1 fully saturated rings. The molecule has 2 N–H and O–H groups in total. The predicted molar refractivity (Wildman–Crippen MR) is 83.0 cm³/mol. The second kappa shape index (κ2) is 6.05. The lowest BCUT2D eigenvalue weighted by Gasteiger charge is -2.09. The van der Waals surface area contributed by atoms with Crippen molar-refractivity contribution in [3.63, 3.8) is 0 Å². The Balaban J connectivity index is 2.15. The first-order chi connectivity index (χ1) is 8.97. The summed E-state index contributed by atoms with van der Waals surface area (Å²) in [4.78, 5) is 16.3. The van der Waals surface area contributed by atoms with E-state index in [1.54, 1.807) is 0 Å². The molecule has 19 heavy (non-hydrogen) atoms. The first-order valence-electron chi connectivity index (χ1n) is 6.04. The Morgan fingerprint density at radius 2 is 2.05 bits per heavy atom. The van der Waals surface area contributed by atoms with E-state index >= 15 is 0 Å². The van der Waals surface area contributed by atoms with Gasteiger partial charge in [-0.15, -0.1) is 0 Å². The molecule has 0 spiro atoms. The smallest absolute Gasteiger partial charge is 0.253 e. The highest BCUT2D eigenvalue weighted by atomic mass is 79.9. The number of nitrogens with zero attached hydrogens (tertiary/aromatic N) is 1. The molecule has 0 aromatic heterocycles. The van der Waals surface area contributed by atoms with E-state index in [0.717, 1.165) is 14.5 Å². The minimum Gasteiger partial charge on any atom is -0.340 e. The van der Waals surface area contributed by atoms with Crippen LogP contribution in [0.2, 0.25) is 0 Å². The van der Waals surface area contributed by atoms with Gasteiger partial charge in [0.2, 0.25) is 0 Å². The maximum atomic E-state index is 11.9. The Morgan fingerprint density at radius 3 is 2.68 bits per heavy atom. The summed E-state index contributed by atoms with van der Waals surface area (Å²) in [6.45, 7) is 4.87. The van der Waals surface area contributed by atoms with Gasteiger partial charge in [0.1, 0.15) is 6.04 Å². The maximum Gasteiger partial charge on any atom is 0.253 e. The van der Waals surface area contributed by atoms with Gasteiger partial charge in [-0.25, -0.2) is 0 Å². The van der Waals surface area contributed by atoms with E-state index in [-0.39, 0.29) is 11.9 Å². The van der Waals surface area contributed by atoms with Crippen LogP contribution in [-0.2, 0) is 4.79 Å². The highest BCUT2D eigenvalue weighted by molar-refractivity contribution is 9.13. The molecule has 1 amide bonds. The molecule has 1 aliphatic rings. The molecule has 1 atom stereocenters. The molecule has 1 aromatic carbocycles. The molecule has 0 bridgehead atoms. The molecule has 1 aliphatic heterocycles. The van der Waals surface area contributed by atoms with E-state index in [9.17, 15) is 4.79 Å². The van der Waals surface area contributed by atoms with Crippen molar-refractivity contribution in [2.24, 2.45) is 10.9 Å². The quantitative estimate of drug-likeness (QED) is 0.836. The SMILES string of the molecule is CC(C)CN=C1NC(=O)C(c2ccc(Br)c(Br)c2)N1. The van der Waals surface area contributed by atoms with Crippen molar-refractivity contribution in [3.05, 3.63) is 32.7 Å². The number of benzene rings is 1. The monoisotopic (exact) mass is 387 g/mol. The fourth-order valence-electron chi connectivity index (χ4n) is 1.71. The minimum atomic E-state index is -0.379. The summed E-state index contributed by atoms with van der Waals surface area (Å²) >= 11 is 6.86. The molecule has 0 aliphatic carbocycles. The van der Waals surface area contributed by atoms with Crippen LogP contribution < -0.4 is 10.6 Å². The van der Waals surface area contributed by atoms with Crippen molar-refractivity contribution in [2.75, 3.05) is 6.54 Å². The highest BCUT2D eigenvalue weighted by Gasteiger charge is 2.29. The summed E-state index contributed by atoms with van der Waals surface area (Å²) in [6.07, 6.45) is 0. The number of nitrogens with one attached hydrogen (secondary N) is 2. The molecule has 1 aromatic rings. The van der Waals surface area contributed by atoms with Crippen LogP contribution >= 0.6 is 31.9 Å². The molecule has 1 heterocycles. The van der Waals surface area contributed by atoms with Gasteiger partial charge in [0.05, 0.1) is 0 Å². The zero-order valence-corrected chi connectivity index (χ0v) is 13.9. The Morgan fingerprint density at radius 1 is 1.32 bits per heavy atom. The number of amides is 1. The van der Waals surface area contributed by atoms with E-state index in [4.69, 9.17) is 0 Å². The van der Waals surface area contributed by atoms with Crippen LogP contribution in [0.3, 0.4) is 0 Å². The third-order valence-corrected chi connectivity index (χ3v) is 4.56. The number of guanidine groups is 1. The van der Waals surface area contributed by atoms with Gasteiger partial charge >= 0.3 is 0 Å². The van der Waals surface area contributed by atoms with Crippen molar-refractivity contribution < 1.29 is 4.79 Å². The summed E-state index contributed by atoms with van der Waals surface area (Å²) in [5.41, 5.74) is 0.905. The molecule has 4 nitrogen and oxygen atoms in total. The zero-order chi connectivity index (χ0) is 14.0. The van der Waals surface area contributed by atoms with Crippen LogP contribution in [-0.4, -0.2) is 18.4 Å². The third kappa shape index (κ3) is 3.57. The second-order valence-corrected chi connectivity index (χ2v) is 6.53. The minimum absolute atomic E-state index is 0.0725. The second-order valence-electron chi connectivity index (χ2n) is 4.82. The topological polar surface area (TPSA) is 53.5 Å². The molecule has 2 rings (SSSR count). The van der Waals surface area contributed by atoms with Gasteiger partial charge in [0.25, 0.3) is 5.91 Å². The van der Waals surface area contributed by atoms with Crippen molar-refractivity contribution >= 4 is 43.7 Å². The van der Waals surface area contributed by atoms with Gasteiger partial charge in [0.15, 0.2) is 5.96 Å². The number of carbonyl (C=O) groups excluding carboxylic acids is 1. The van der Waals surface area contributed by atoms with Crippen LogP contribution in [0.5, 0.6) is 0 Å². The molecule has 0 radical (unpaired) electrons. The van der Waals surface area contributed by atoms with E-state index in [1.807, 2.05) is 18.2 Å². The van der Waals surface area contributed by atoms with Crippen molar-refractivity contribution in [1.29, 1.82) is 0 Å². The summed E-state index contributed by atoms with van der Waals surface area (Å²) in [5.74, 6) is 0.951. The Labute approximate surface area is 129 Å². The molecule has 102 valence electrons. The maximum absolute atomic E-state index is 11.9. The largest absolute Gasteiger partial charge is 0.340 e. The molecular formula is C13H15Br2N3O. The number of hydrogen-bond acceptors (Lipinski definition) is 2. The average Bonchev–Trinajstić information content (AvgIpc) is 2.72. The first-order valence-corrected chi connectivity index (χ1v) is 7.62. The van der Waals surface area contributed by atoms with E-state index in [0.29, 0.717) is 18.4 Å². The first kappa shape index (κ1) is 14.5. The normalized spacial score (nSPS) is 20.8. The van der Waals surface area contributed by atoms with Crippen LogP contribution in [0.4, 0.5) is 0 Å². The summed E-state index contributed by atoms with van der Waals surface area (Å²) in [6, 6.07) is 5.37. The van der Waals surface area contributed by atoms with Crippen molar-refractivity contribution in [2.45, 2.75) is 19.9 Å². The summed E-state index contributed by atoms with van der Waals surface area (Å²) < 4.78 is 1.88. The standard InChI is InChI=1S/C13H15Br2N3O/c1-7(2)6-16-13-17-11(12(19)18-13)8-3-4-9(14)10(15)5-8/h3-5,7,11H,6H2,1-2H3,(H2,16,17,18,19). The van der Waals surface area contributed by atoms with Gasteiger partial charge in [-0.1, -0.05) is 19.9 Å². The van der Waals surface area contributed by atoms with Gasteiger partial charge in [-0.3, -0.25) is 15.1 Å². The van der Waals surface area contributed by atoms with Gasteiger partial charge in [0, 0.05) is 15.5 Å². The van der Waals surface area contributed by atoms with E-state index < -0.39 is 0 Å². The highest BCUT2D eigenvalue weighted by Crippen LogP contribution is 2.27. The van der Waals surface area contributed by atoms with Gasteiger partial charge < -0.3 is 5.32 Å². The number of carbonyl (C=O) groups is 1. The fraction of sp³-hybridized carbons (Fsp3) is 0.385.